The minimum absolute atomic E-state index is 0.350. The van der Waals surface area contributed by atoms with E-state index in [-0.39, 0.29) is 5.56 Å². The molecule has 2 aromatic carbocycles. The molecule has 3 aromatic rings. The number of hydrogen-bond acceptors (Lipinski definition) is 4. The zero-order valence-electron chi connectivity index (χ0n) is 12.5. The number of para-hydroxylation sites is 1. The van der Waals surface area contributed by atoms with E-state index in [4.69, 9.17) is 16.7 Å². The fraction of sp³-hybridized carbons (Fsp3) is 0.118. The first-order chi connectivity index (χ1) is 11.5. The maximum Gasteiger partial charge on any atom is 0.323 e. The highest BCUT2D eigenvalue weighted by Crippen LogP contribution is 2.23. The highest BCUT2D eigenvalue weighted by molar-refractivity contribution is 7.98. The Morgan fingerprint density at radius 1 is 1.21 bits per heavy atom. The molecule has 0 radical (unpaired) electrons. The monoisotopic (exact) mass is 360 g/mol. The zero-order chi connectivity index (χ0) is 17.1. The van der Waals surface area contributed by atoms with Crippen LogP contribution in [-0.4, -0.2) is 20.6 Å². The number of aliphatic carboxylic acids is 1. The second-order valence-electron chi connectivity index (χ2n) is 5.12. The van der Waals surface area contributed by atoms with Gasteiger partial charge in [0, 0.05) is 10.8 Å². The van der Waals surface area contributed by atoms with Crippen LogP contribution < -0.4 is 5.56 Å². The lowest BCUT2D eigenvalue weighted by Gasteiger charge is -2.11. The summed E-state index contributed by atoms with van der Waals surface area (Å²) >= 11 is 7.28. The summed E-state index contributed by atoms with van der Waals surface area (Å²) in [5.74, 6) is -0.552. The second-order valence-corrected chi connectivity index (χ2v) is 6.49. The number of carbonyl (C=O) groups is 1. The Balaban J connectivity index is 2.01. The van der Waals surface area contributed by atoms with Crippen molar-refractivity contribution in [2.24, 2.45) is 0 Å². The summed E-state index contributed by atoms with van der Waals surface area (Å²) in [6, 6.07) is 14.3. The third-order valence-electron chi connectivity index (χ3n) is 3.38. The molecule has 122 valence electrons. The van der Waals surface area contributed by atoms with Crippen molar-refractivity contribution >= 4 is 40.2 Å². The van der Waals surface area contributed by atoms with Crippen molar-refractivity contribution in [2.75, 3.05) is 0 Å². The Kier molecular flexibility index (Phi) is 4.87. The minimum atomic E-state index is -1.08. The summed E-state index contributed by atoms with van der Waals surface area (Å²) in [7, 11) is 0. The second kappa shape index (κ2) is 7.07. The summed E-state index contributed by atoms with van der Waals surface area (Å²) < 4.78 is 1.19. The molecule has 0 saturated carbocycles. The molecule has 0 aliphatic heterocycles. The largest absolute Gasteiger partial charge is 0.480 e. The predicted molar refractivity (Wildman–Crippen MR) is 94.7 cm³/mol. The van der Waals surface area contributed by atoms with Gasteiger partial charge in [0.05, 0.1) is 10.9 Å². The van der Waals surface area contributed by atoms with E-state index in [2.05, 4.69) is 4.98 Å². The van der Waals surface area contributed by atoms with Crippen LogP contribution in [0.15, 0.2) is 58.5 Å². The molecule has 0 atom stereocenters. The lowest BCUT2D eigenvalue weighted by Crippen LogP contribution is -2.26. The van der Waals surface area contributed by atoms with Crippen molar-refractivity contribution in [2.45, 2.75) is 17.5 Å². The van der Waals surface area contributed by atoms with Crippen molar-refractivity contribution in [3.8, 4) is 0 Å². The van der Waals surface area contributed by atoms with E-state index in [1.807, 2.05) is 18.2 Å². The number of carboxylic acid groups (broad SMARTS) is 1. The van der Waals surface area contributed by atoms with E-state index in [1.165, 1.54) is 16.3 Å². The van der Waals surface area contributed by atoms with E-state index < -0.39 is 12.5 Å². The Bertz CT molecular complexity index is 971. The molecule has 1 aromatic heterocycles. The smallest absolute Gasteiger partial charge is 0.323 e. The third kappa shape index (κ3) is 3.60. The highest BCUT2D eigenvalue weighted by atomic mass is 35.5. The van der Waals surface area contributed by atoms with Gasteiger partial charge >= 0.3 is 5.97 Å². The molecule has 0 aliphatic rings. The quantitative estimate of drug-likeness (QED) is 0.557. The van der Waals surface area contributed by atoms with Crippen LogP contribution in [0, 0.1) is 0 Å². The fourth-order valence-electron chi connectivity index (χ4n) is 2.31. The van der Waals surface area contributed by atoms with Crippen LogP contribution in [0.25, 0.3) is 10.9 Å². The van der Waals surface area contributed by atoms with Crippen molar-refractivity contribution in [1.82, 2.24) is 9.55 Å². The summed E-state index contributed by atoms with van der Waals surface area (Å²) in [5.41, 5.74) is 1.17. The number of hydrogen-bond donors (Lipinski definition) is 1. The van der Waals surface area contributed by atoms with Crippen molar-refractivity contribution in [1.29, 1.82) is 0 Å². The normalized spacial score (nSPS) is 10.9. The summed E-state index contributed by atoms with van der Waals surface area (Å²) in [5, 5.41) is 10.5. The van der Waals surface area contributed by atoms with E-state index in [0.717, 1.165) is 5.56 Å². The Labute approximate surface area is 146 Å². The Morgan fingerprint density at radius 3 is 2.75 bits per heavy atom. The number of rotatable bonds is 5. The molecule has 0 aliphatic carbocycles. The molecule has 7 heteroatoms. The van der Waals surface area contributed by atoms with Crippen LogP contribution in [0.5, 0.6) is 0 Å². The van der Waals surface area contributed by atoms with Gasteiger partial charge in [-0.2, -0.15) is 0 Å². The van der Waals surface area contributed by atoms with Gasteiger partial charge in [0.25, 0.3) is 5.56 Å². The molecular weight excluding hydrogens is 348 g/mol. The van der Waals surface area contributed by atoms with Crippen LogP contribution in [0.3, 0.4) is 0 Å². The predicted octanol–water partition coefficient (Wildman–Crippen LogP) is 3.43. The molecule has 0 spiro atoms. The molecule has 5 nitrogen and oxygen atoms in total. The number of aromatic nitrogens is 2. The summed E-state index contributed by atoms with van der Waals surface area (Å²) in [6.07, 6.45) is 0. The maximum absolute atomic E-state index is 12.6. The summed E-state index contributed by atoms with van der Waals surface area (Å²) in [6.45, 7) is -0.422. The van der Waals surface area contributed by atoms with Gasteiger partial charge in [-0.1, -0.05) is 47.6 Å². The minimum Gasteiger partial charge on any atom is -0.480 e. The standard InChI is InChI=1S/C17H13ClN2O3S/c18-12-5-3-4-11(8-12)10-24-17-19-14-7-2-1-6-13(14)16(23)20(17)9-15(21)22/h1-8H,9-10H2,(H,21,22). The summed E-state index contributed by atoms with van der Waals surface area (Å²) in [4.78, 5) is 28.1. The SMILES string of the molecule is O=C(O)Cn1c(SCc2cccc(Cl)c2)nc2ccccc2c1=O. The number of benzene rings is 2. The van der Waals surface area contributed by atoms with Gasteiger partial charge in [0.2, 0.25) is 0 Å². The van der Waals surface area contributed by atoms with Crippen LogP contribution in [0.2, 0.25) is 5.02 Å². The average molecular weight is 361 g/mol. The lowest BCUT2D eigenvalue weighted by atomic mass is 10.2. The molecular formula is C17H13ClN2O3S. The number of nitrogens with zero attached hydrogens (tertiary/aromatic N) is 2. The number of fused-ring (bicyclic) bond motifs is 1. The fourth-order valence-corrected chi connectivity index (χ4v) is 3.46. The number of carboxylic acids is 1. The van der Waals surface area contributed by atoms with Gasteiger partial charge in [-0.05, 0) is 29.8 Å². The molecule has 0 fully saturated rings. The third-order valence-corrected chi connectivity index (χ3v) is 4.66. The molecule has 3 rings (SSSR count). The molecule has 24 heavy (non-hydrogen) atoms. The lowest BCUT2D eigenvalue weighted by molar-refractivity contribution is -0.137. The van der Waals surface area contributed by atoms with Crippen LogP contribution in [0.1, 0.15) is 5.56 Å². The van der Waals surface area contributed by atoms with Crippen LogP contribution in [0.4, 0.5) is 0 Å². The first-order valence-corrected chi connectivity index (χ1v) is 8.49. The highest BCUT2D eigenvalue weighted by Gasteiger charge is 2.14. The van der Waals surface area contributed by atoms with E-state index >= 15 is 0 Å². The van der Waals surface area contributed by atoms with E-state index in [1.54, 1.807) is 30.3 Å². The van der Waals surface area contributed by atoms with E-state index in [9.17, 15) is 9.59 Å². The van der Waals surface area contributed by atoms with E-state index in [0.29, 0.717) is 26.8 Å². The topological polar surface area (TPSA) is 72.2 Å². The molecule has 0 saturated heterocycles. The Hall–Kier alpha value is -2.31. The molecule has 0 amide bonds. The van der Waals surface area contributed by atoms with Gasteiger partial charge < -0.3 is 5.11 Å². The van der Waals surface area contributed by atoms with Crippen molar-refractivity contribution < 1.29 is 9.90 Å². The number of halogens is 1. The Morgan fingerprint density at radius 2 is 2.00 bits per heavy atom. The van der Waals surface area contributed by atoms with Crippen molar-refractivity contribution in [3.63, 3.8) is 0 Å². The molecule has 1 N–H and O–H groups in total. The zero-order valence-corrected chi connectivity index (χ0v) is 14.0. The maximum atomic E-state index is 12.6. The van der Waals surface area contributed by atoms with Crippen LogP contribution in [-0.2, 0) is 17.1 Å². The first-order valence-electron chi connectivity index (χ1n) is 7.13. The van der Waals surface area contributed by atoms with Crippen LogP contribution >= 0.6 is 23.4 Å². The van der Waals surface area contributed by atoms with Gasteiger partial charge in [-0.25, -0.2) is 4.98 Å². The number of thioether (sulfide) groups is 1. The molecule has 0 bridgehead atoms. The van der Waals surface area contributed by atoms with Gasteiger partial charge in [-0.3, -0.25) is 14.2 Å². The molecule has 0 unspecified atom stereocenters. The molecule has 1 heterocycles. The van der Waals surface area contributed by atoms with Gasteiger partial charge in [0.15, 0.2) is 5.16 Å². The average Bonchev–Trinajstić information content (AvgIpc) is 2.56. The van der Waals surface area contributed by atoms with Gasteiger partial charge in [-0.15, -0.1) is 0 Å². The first kappa shape index (κ1) is 16.5. The van der Waals surface area contributed by atoms with Gasteiger partial charge in [0.1, 0.15) is 6.54 Å². The van der Waals surface area contributed by atoms with Crippen molar-refractivity contribution in [3.05, 3.63) is 69.5 Å².